The number of benzene rings is 3. The van der Waals surface area contributed by atoms with E-state index in [4.69, 9.17) is 0 Å². The Balaban J connectivity index is 1.65. The Morgan fingerprint density at radius 2 is 1.24 bits per heavy atom. The third-order valence-electron chi connectivity index (χ3n) is 3.52. The highest BCUT2D eigenvalue weighted by Crippen LogP contribution is 2.17. The molecule has 124 valence electrons. The van der Waals surface area contributed by atoms with Crippen molar-refractivity contribution < 1.29 is 9.59 Å². The fourth-order valence-electron chi connectivity index (χ4n) is 2.27. The van der Waals surface area contributed by atoms with E-state index in [2.05, 4.69) is 26.6 Å². The molecule has 0 aliphatic heterocycles. The minimum atomic E-state index is -0.209. The number of rotatable bonds is 4. The van der Waals surface area contributed by atoms with Crippen LogP contribution in [0, 0.1) is 0 Å². The van der Waals surface area contributed by atoms with E-state index in [0.29, 0.717) is 22.5 Å². The van der Waals surface area contributed by atoms with Crippen LogP contribution in [0.25, 0.3) is 0 Å². The van der Waals surface area contributed by atoms with Crippen molar-refractivity contribution in [3.8, 4) is 0 Å². The first kappa shape index (κ1) is 16.9. The molecule has 0 unspecified atom stereocenters. The zero-order valence-electron chi connectivity index (χ0n) is 13.2. The summed E-state index contributed by atoms with van der Waals surface area (Å²) < 4.78 is 0.893. The van der Waals surface area contributed by atoms with Crippen LogP contribution in [0.2, 0.25) is 0 Å². The summed E-state index contributed by atoms with van der Waals surface area (Å²) in [6, 6.07) is 23.1. The van der Waals surface area contributed by atoms with E-state index in [1.807, 2.05) is 42.5 Å². The smallest absolute Gasteiger partial charge is 0.255 e. The number of carbonyl (C=O) groups is 2. The van der Waals surface area contributed by atoms with Gasteiger partial charge in [-0.25, -0.2) is 0 Å². The third-order valence-corrected chi connectivity index (χ3v) is 4.02. The maximum Gasteiger partial charge on any atom is 0.255 e. The number of amides is 2. The summed E-state index contributed by atoms with van der Waals surface area (Å²) >= 11 is 3.37. The summed E-state index contributed by atoms with van der Waals surface area (Å²) in [5.41, 5.74) is 2.44. The molecule has 2 N–H and O–H groups in total. The van der Waals surface area contributed by atoms with Crippen molar-refractivity contribution in [1.82, 2.24) is 0 Å². The SMILES string of the molecule is O=C(Nc1ccc(C(=O)Nc2cccc(Br)c2)cc1)c1ccccc1. The van der Waals surface area contributed by atoms with Gasteiger partial charge in [0.05, 0.1) is 0 Å². The average molecular weight is 395 g/mol. The molecule has 4 nitrogen and oxygen atoms in total. The Bertz CT molecular complexity index is 893. The molecular weight excluding hydrogens is 380 g/mol. The number of anilines is 2. The fraction of sp³-hybridized carbons (Fsp3) is 0. The highest BCUT2D eigenvalue weighted by molar-refractivity contribution is 9.10. The van der Waals surface area contributed by atoms with Crippen molar-refractivity contribution in [3.63, 3.8) is 0 Å². The van der Waals surface area contributed by atoms with Gasteiger partial charge in [0.25, 0.3) is 11.8 Å². The Hall–Kier alpha value is -2.92. The molecule has 5 heteroatoms. The molecule has 3 aromatic carbocycles. The lowest BCUT2D eigenvalue weighted by molar-refractivity contribution is 0.102. The lowest BCUT2D eigenvalue weighted by atomic mass is 10.1. The van der Waals surface area contributed by atoms with Crippen molar-refractivity contribution in [2.45, 2.75) is 0 Å². The lowest BCUT2D eigenvalue weighted by Crippen LogP contribution is -2.13. The molecule has 25 heavy (non-hydrogen) atoms. The van der Waals surface area contributed by atoms with Crippen LogP contribution >= 0.6 is 15.9 Å². The normalized spacial score (nSPS) is 10.1. The highest BCUT2D eigenvalue weighted by atomic mass is 79.9. The van der Waals surface area contributed by atoms with Gasteiger partial charge < -0.3 is 10.6 Å². The first-order chi connectivity index (χ1) is 12.1. The summed E-state index contributed by atoms with van der Waals surface area (Å²) in [5, 5.41) is 5.63. The van der Waals surface area contributed by atoms with Crippen molar-refractivity contribution >= 4 is 39.1 Å². The van der Waals surface area contributed by atoms with Crippen LogP contribution in [-0.2, 0) is 0 Å². The van der Waals surface area contributed by atoms with Gasteiger partial charge in [-0.15, -0.1) is 0 Å². The molecule has 3 rings (SSSR count). The van der Waals surface area contributed by atoms with Gasteiger partial charge in [0.1, 0.15) is 0 Å². The maximum atomic E-state index is 12.3. The first-order valence-electron chi connectivity index (χ1n) is 7.65. The van der Waals surface area contributed by atoms with Crippen molar-refractivity contribution in [1.29, 1.82) is 0 Å². The van der Waals surface area contributed by atoms with E-state index in [-0.39, 0.29) is 11.8 Å². The summed E-state index contributed by atoms with van der Waals surface area (Å²) in [7, 11) is 0. The molecule has 3 aromatic rings. The zero-order chi connectivity index (χ0) is 17.6. The largest absolute Gasteiger partial charge is 0.322 e. The number of hydrogen-bond donors (Lipinski definition) is 2. The maximum absolute atomic E-state index is 12.3. The summed E-state index contributed by atoms with van der Waals surface area (Å²) in [6.07, 6.45) is 0. The van der Waals surface area contributed by atoms with E-state index < -0.39 is 0 Å². The summed E-state index contributed by atoms with van der Waals surface area (Å²) in [4.78, 5) is 24.4. The molecule has 2 amide bonds. The van der Waals surface area contributed by atoms with Crippen LogP contribution in [0.5, 0.6) is 0 Å². The summed E-state index contributed by atoms with van der Waals surface area (Å²) in [5.74, 6) is -0.397. The van der Waals surface area contributed by atoms with E-state index in [0.717, 1.165) is 4.47 Å². The van der Waals surface area contributed by atoms with Crippen LogP contribution in [-0.4, -0.2) is 11.8 Å². The predicted octanol–water partition coefficient (Wildman–Crippen LogP) is 4.95. The quantitative estimate of drug-likeness (QED) is 0.657. The second kappa shape index (κ2) is 7.77. The molecule has 0 saturated heterocycles. The van der Waals surface area contributed by atoms with Crippen LogP contribution < -0.4 is 10.6 Å². The Morgan fingerprint density at radius 3 is 1.88 bits per heavy atom. The molecule has 0 spiro atoms. The highest BCUT2D eigenvalue weighted by Gasteiger charge is 2.08. The first-order valence-corrected chi connectivity index (χ1v) is 8.44. The molecule has 0 fully saturated rings. The molecule has 0 bridgehead atoms. The molecule has 0 saturated carbocycles. The van der Waals surface area contributed by atoms with E-state index in [9.17, 15) is 9.59 Å². The molecule has 0 radical (unpaired) electrons. The standard InChI is InChI=1S/C20H15BrN2O2/c21-16-7-4-8-18(13-16)23-20(25)15-9-11-17(12-10-15)22-19(24)14-5-2-1-3-6-14/h1-13H,(H,22,24)(H,23,25). The second-order valence-corrected chi connectivity index (χ2v) is 6.28. The third kappa shape index (κ3) is 4.55. The van der Waals surface area contributed by atoms with Gasteiger partial charge in [0.2, 0.25) is 0 Å². The Morgan fingerprint density at radius 1 is 0.640 bits per heavy atom. The molecule has 0 aromatic heterocycles. The minimum absolute atomic E-state index is 0.188. The topological polar surface area (TPSA) is 58.2 Å². The Labute approximate surface area is 154 Å². The number of halogens is 1. The minimum Gasteiger partial charge on any atom is -0.322 e. The van der Waals surface area contributed by atoms with Crippen molar-refractivity contribution in [2.75, 3.05) is 10.6 Å². The van der Waals surface area contributed by atoms with Crippen molar-refractivity contribution in [2.24, 2.45) is 0 Å². The van der Waals surface area contributed by atoms with Crippen LogP contribution in [0.15, 0.2) is 83.3 Å². The monoisotopic (exact) mass is 394 g/mol. The van der Waals surface area contributed by atoms with Gasteiger partial charge in [0.15, 0.2) is 0 Å². The van der Waals surface area contributed by atoms with Gasteiger partial charge in [-0.2, -0.15) is 0 Å². The number of hydrogen-bond acceptors (Lipinski definition) is 2. The molecule has 0 aliphatic carbocycles. The van der Waals surface area contributed by atoms with Gasteiger partial charge in [-0.3, -0.25) is 9.59 Å². The average Bonchev–Trinajstić information content (AvgIpc) is 2.63. The lowest BCUT2D eigenvalue weighted by Gasteiger charge is -2.08. The zero-order valence-corrected chi connectivity index (χ0v) is 14.8. The van der Waals surface area contributed by atoms with Gasteiger partial charge in [0, 0.05) is 27.0 Å². The predicted molar refractivity (Wildman–Crippen MR) is 103 cm³/mol. The van der Waals surface area contributed by atoms with Gasteiger partial charge >= 0.3 is 0 Å². The van der Waals surface area contributed by atoms with Crippen LogP contribution in [0.4, 0.5) is 11.4 Å². The van der Waals surface area contributed by atoms with Gasteiger partial charge in [-0.1, -0.05) is 40.2 Å². The number of carbonyl (C=O) groups excluding carboxylic acids is 2. The molecular formula is C20H15BrN2O2. The van der Waals surface area contributed by atoms with E-state index in [1.165, 1.54) is 0 Å². The van der Waals surface area contributed by atoms with Gasteiger partial charge in [-0.05, 0) is 54.6 Å². The van der Waals surface area contributed by atoms with E-state index >= 15 is 0 Å². The molecule has 0 atom stereocenters. The van der Waals surface area contributed by atoms with Crippen molar-refractivity contribution in [3.05, 3.63) is 94.5 Å². The van der Waals surface area contributed by atoms with E-state index in [1.54, 1.807) is 36.4 Å². The number of nitrogens with one attached hydrogen (secondary N) is 2. The Kier molecular flexibility index (Phi) is 5.26. The molecule has 0 aliphatic rings. The van der Waals surface area contributed by atoms with Crippen LogP contribution in [0.1, 0.15) is 20.7 Å². The fourth-order valence-corrected chi connectivity index (χ4v) is 2.67. The molecule has 0 heterocycles. The second-order valence-electron chi connectivity index (χ2n) is 5.36. The summed E-state index contributed by atoms with van der Waals surface area (Å²) in [6.45, 7) is 0. The van der Waals surface area contributed by atoms with Crippen LogP contribution in [0.3, 0.4) is 0 Å².